The number of allylic oxidation sites excluding steroid dienone is 2. The van der Waals surface area contributed by atoms with E-state index in [1.54, 1.807) is 12.1 Å². The molecule has 10 heteroatoms. The van der Waals surface area contributed by atoms with Gasteiger partial charge >= 0.3 is 5.97 Å². The molecule has 0 radical (unpaired) electrons. The van der Waals surface area contributed by atoms with Crippen molar-refractivity contribution in [3.8, 4) is 0 Å². The van der Waals surface area contributed by atoms with Gasteiger partial charge in [-0.25, -0.2) is 13.2 Å². The van der Waals surface area contributed by atoms with Gasteiger partial charge in [-0.15, -0.1) is 0 Å². The highest BCUT2D eigenvalue weighted by Crippen LogP contribution is 2.76. The number of carboxylic acid groups (broad SMARTS) is 1. The van der Waals surface area contributed by atoms with Gasteiger partial charge in [-0.05, 0) is 128 Å². The minimum atomic E-state index is -2.91. The third kappa shape index (κ3) is 5.94. The molecule has 3 saturated heterocycles. The Morgan fingerprint density at radius 3 is 2.31 bits per heavy atom. The zero-order chi connectivity index (χ0) is 39.4. The molecule has 0 spiro atoms. The Labute approximate surface area is 330 Å². The van der Waals surface area contributed by atoms with Crippen molar-refractivity contribution in [2.75, 3.05) is 50.8 Å². The quantitative estimate of drug-likeness (QED) is 0.274. The van der Waals surface area contributed by atoms with Crippen LogP contribution in [-0.2, 0) is 14.6 Å². The van der Waals surface area contributed by atoms with Gasteiger partial charge in [-0.2, -0.15) is 0 Å². The molecule has 1 aromatic rings. The maximum absolute atomic E-state index is 13.3. The Morgan fingerprint density at radius 2 is 1.65 bits per heavy atom. The number of nitrogens with zero attached hydrogens (tertiary/aromatic N) is 2. The van der Waals surface area contributed by atoms with Crippen LogP contribution >= 0.6 is 0 Å². The maximum Gasteiger partial charge on any atom is 0.335 e. The number of likely N-dealkylation sites (tertiary alicyclic amines) is 1. The maximum atomic E-state index is 13.3. The first-order valence-corrected chi connectivity index (χ1v) is 23.4. The number of hydrogen-bond acceptors (Lipinski definition) is 7. The summed E-state index contributed by atoms with van der Waals surface area (Å²) in [5.41, 5.74) is 2.99. The predicted molar refractivity (Wildman–Crippen MR) is 218 cm³/mol. The summed E-state index contributed by atoms with van der Waals surface area (Å²) in [4.78, 5) is 29.4. The van der Waals surface area contributed by atoms with E-state index in [4.69, 9.17) is 0 Å². The van der Waals surface area contributed by atoms with Crippen LogP contribution in [0, 0.1) is 45.3 Å². The van der Waals surface area contributed by atoms with Gasteiger partial charge in [0.25, 0.3) is 0 Å². The molecule has 10 atom stereocenters. The van der Waals surface area contributed by atoms with Crippen molar-refractivity contribution in [2.45, 2.75) is 123 Å². The van der Waals surface area contributed by atoms with Crippen molar-refractivity contribution in [2.24, 2.45) is 45.3 Å². The number of aromatic carboxylic acids is 1. The molecule has 3 aliphatic heterocycles. The van der Waals surface area contributed by atoms with Gasteiger partial charge in [0.15, 0.2) is 9.84 Å². The number of carbonyl (C=O) groups excluding carboxylic acids is 1. The van der Waals surface area contributed by atoms with E-state index in [2.05, 4.69) is 75.0 Å². The lowest BCUT2D eigenvalue weighted by atomic mass is 9.32. The molecular weight excluding hydrogens is 709 g/mol. The molecule has 3 N–H and O–H groups in total. The molecule has 55 heavy (non-hydrogen) atoms. The molecular formula is C45H68N4O5S. The number of carbonyl (C=O) groups is 2. The number of carboxylic acids is 1. The first-order chi connectivity index (χ1) is 25.8. The van der Waals surface area contributed by atoms with Crippen molar-refractivity contribution in [1.29, 1.82) is 0 Å². The van der Waals surface area contributed by atoms with Crippen LogP contribution in [0.3, 0.4) is 0 Å². The number of fused-ring (bicyclic) bond motifs is 7. The summed E-state index contributed by atoms with van der Waals surface area (Å²) in [6.07, 6.45) is 12.3. The van der Waals surface area contributed by atoms with Gasteiger partial charge < -0.3 is 25.5 Å². The summed E-state index contributed by atoms with van der Waals surface area (Å²) in [7, 11) is -2.91. The van der Waals surface area contributed by atoms with Crippen LogP contribution in [0.1, 0.15) is 122 Å². The standard InChI is InChI=1S/C45H68N4O5S/c1-30(49-23-8-9-37(49)50)44(7)38-34-14-15-36-41(4)18-16-33(31-10-12-32(13-11-31)39(51)52)40(2,3)35(41)17-19-43(36,6)42(34,5)20-21-45(38,29-47-44)46-22-24-48-25-27-55(53,54)28-26-48/h10-13,16,30,34-36,38,46-47H,8-9,14-15,17-29H2,1-7H3,(H,51,52). The molecule has 9 nitrogen and oxygen atoms in total. The predicted octanol–water partition coefficient (Wildman–Crippen LogP) is 6.49. The number of amides is 1. The molecule has 6 fully saturated rings. The Hall–Kier alpha value is -2.27. The van der Waals surface area contributed by atoms with Crippen LogP contribution in [-0.4, -0.2) is 103 Å². The van der Waals surface area contributed by atoms with Crippen LogP contribution in [0.2, 0.25) is 0 Å². The summed E-state index contributed by atoms with van der Waals surface area (Å²) in [5, 5.41) is 17.9. The van der Waals surface area contributed by atoms with Gasteiger partial charge in [0, 0.05) is 68.7 Å². The summed E-state index contributed by atoms with van der Waals surface area (Å²) < 4.78 is 24.3. The second kappa shape index (κ2) is 13.4. The number of sulfone groups is 1. The molecule has 0 aromatic heterocycles. The van der Waals surface area contributed by atoms with Crippen molar-refractivity contribution in [1.82, 2.24) is 20.4 Å². The Balaban J connectivity index is 1.10. The third-order valence-corrected chi connectivity index (χ3v) is 19.9. The van der Waals surface area contributed by atoms with E-state index in [1.165, 1.54) is 37.7 Å². The minimum Gasteiger partial charge on any atom is -0.478 e. The summed E-state index contributed by atoms with van der Waals surface area (Å²) >= 11 is 0. The number of nitrogens with one attached hydrogen (secondary N) is 2. The van der Waals surface area contributed by atoms with Crippen molar-refractivity contribution in [3.63, 3.8) is 0 Å². The Kier molecular flexibility index (Phi) is 9.63. The normalized spacial score (nSPS) is 42.8. The molecule has 0 bridgehead atoms. The fourth-order valence-electron chi connectivity index (χ4n) is 15.0. The zero-order valence-electron chi connectivity index (χ0n) is 34.7. The van der Waals surface area contributed by atoms with Crippen LogP contribution in [0.5, 0.6) is 0 Å². The first kappa shape index (κ1) is 39.6. The zero-order valence-corrected chi connectivity index (χ0v) is 35.5. The largest absolute Gasteiger partial charge is 0.478 e. The van der Waals surface area contributed by atoms with Crippen molar-refractivity contribution in [3.05, 3.63) is 41.5 Å². The van der Waals surface area contributed by atoms with Crippen LogP contribution in [0.25, 0.3) is 5.57 Å². The molecule has 1 amide bonds. The van der Waals surface area contributed by atoms with E-state index in [0.717, 1.165) is 51.0 Å². The average molecular weight is 777 g/mol. The molecule has 3 heterocycles. The second-order valence-corrected chi connectivity index (χ2v) is 23.0. The molecule has 1 aromatic carbocycles. The van der Waals surface area contributed by atoms with Gasteiger partial charge in [-0.3, -0.25) is 4.79 Å². The van der Waals surface area contributed by atoms with Crippen LogP contribution < -0.4 is 10.6 Å². The fourth-order valence-corrected chi connectivity index (χ4v) is 16.3. The second-order valence-electron chi connectivity index (χ2n) is 20.7. The highest BCUT2D eigenvalue weighted by molar-refractivity contribution is 7.91. The number of hydrogen-bond donors (Lipinski definition) is 3. The highest BCUT2D eigenvalue weighted by Gasteiger charge is 2.72. The average Bonchev–Trinajstić information content (AvgIpc) is 3.70. The van der Waals surface area contributed by atoms with Gasteiger partial charge in [-0.1, -0.05) is 52.8 Å². The minimum absolute atomic E-state index is 0.0351. The van der Waals surface area contributed by atoms with Crippen molar-refractivity contribution >= 4 is 27.3 Å². The molecule has 7 aliphatic rings. The Morgan fingerprint density at radius 1 is 0.945 bits per heavy atom. The molecule has 304 valence electrons. The lowest BCUT2D eigenvalue weighted by Crippen LogP contribution is -2.71. The molecule has 3 saturated carbocycles. The van der Waals surface area contributed by atoms with Crippen LogP contribution in [0.4, 0.5) is 0 Å². The monoisotopic (exact) mass is 776 g/mol. The Bertz CT molecular complexity index is 1830. The van der Waals surface area contributed by atoms with Gasteiger partial charge in [0.2, 0.25) is 5.91 Å². The van der Waals surface area contributed by atoms with E-state index in [1.807, 2.05) is 12.1 Å². The molecule has 10 unspecified atom stereocenters. The van der Waals surface area contributed by atoms with E-state index in [-0.39, 0.29) is 50.3 Å². The van der Waals surface area contributed by atoms with E-state index >= 15 is 0 Å². The van der Waals surface area contributed by atoms with Gasteiger partial charge in [0.1, 0.15) is 0 Å². The van der Waals surface area contributed by atoms with E-state index in [9.17, 15) is 23.1 Å². The molecule has 4 aliphatic carbocycles. The van der Waals surface area contributed by atoms with E-state index in [0.29, 0.717) is 54.7 Å². The number of rotatable bonds is 8. The summed E-state index contributed by atoms with van der Waals surface area (Å²) in [6, 6.07) is 7.64. The smallest absolute Gasteiger partial charge is 0.335 e. The van der Waals surface area contributed by atoms with E-state index < -0.39 is 15.8 Å². The fraction of sp³-hybridized carbons (Fsp3) is 0.778. The third-order valence-electron chi connectivity index (χ3n) is 18.3. The highest BCUT2D eigenvalue weighted by atomic mass is 32.2. The lowest BCUT2D eigenvalue weighted by Gasteiger charge is -2.73. The lowest BCUT2D eigenvalue weighted by molar-refractivity contribution is -0.222. The summed E-state index contributed by atoms with van der Waals surface area (Å²) in [6.45, 7) is 22.3. The number of benzene rings is 1. The van der Waals surface area contributed by atoms with Crippen molar-refractivity contribution < 1.29 is 23.1 Å². The van der Waals surface area contributed by atoms with Gasteiger partial charge in [0.05, 0.1) is 17.1 Å². The molecule has 8 rings (SSSR count). The first-order valence-electron chi connectivity index (χ1n) is 21.6. The van der Waals surface area contributed by atoms with Crippen LogP contribution in [0.15, 0.2) is 30.3 Å². The topological polar surface area (TPSA) is 119 Å². The summed E-state index contributed by atoms with van der Waals surface area (Å²) in [5.74, 6) is 1.93. The SMILES string of the molecule is CC(N1CCCC1=O)C1(C)NCC2(NCCN3CCS(=O)(=O)CC3)CCC3(C)C(CCC4C5(C)CC=C(c6ccc(C(=O)O)cc6)C(C)(C)C5CCC43C)C21.